The average molecular weight is 324 g/mol. The van der Waals surface area contributed by atoms with Crippen LogP contribution in [0.2, 0.25) is 0 Å². The van der Waals surface area contributed by atoms with Crippen molar-refractivity contribution < 1.29 is 9.53 Å². The van der Waals surface area contributed by atoms with Crippen molar-refractivity contribution in [1.29, 1.82) is 0 Å². The first-order valence-corrected chi connectivity index (χ1v) is 8.53. The summed E-state index contributed by atoms with van der Waals surface area (Å²) < 4.78 is 5.31. The van der Waals surface area contributed by atoms with Crippen LogP contribution in [0.4, 0.5) is 0 Å². The van der Waals surface area contributed by atoms with Gasteiger partial charge in [-0.1, -0.05) is 12.1 Å². The van der Waals surface area contributed by atoms with Gasteiger partial charge in [0.25, 0.3) is 0 Å². The third-order valence-corrected chi connectivity index (χ3v) is 4.78. The Balaban J connectivity index is 1.65. The molecule has 1 aliphatic carbocycles. The Bertz CT molecular complexity index is 700. The first-order valence-electron chi connectivity index (χ1n) is 8.53. The molecule has 1 N–H and O–H groups in total. The van der Waals surface area contributed by atoms with Gasteiger partial charge in [-0.25, -0.2) is 0 Å². The number of carbonyl (C=O) groups is 1. The van der Waals surface area contributed by atoms with Crippen LogP contribution in [0.3, 0.4) is 0 Å². The summed E-state index contributed by atoms with van der Waals surface area (Å²) in [5.74, 6) is 1.28. The maximum atomic E-state index is 12.5. The minimum atomic E-state index is -0.0230. The largest absolute Gasteiger partial charge is 0.497 e. The number of carbonyl (C=O) groups excluding carboxylic acids is 1. The lowest BCUT2D eigenvalue weighted by Crippen LogP contribution is -2.28. The van der Waals surface area contributed by atoms with E-state index in [-0.39, 0.29) is 11.9 Å². The number of hydrogen-bond acceptors (Lipinski definition) is 3. The molecule has 1 aromatic carbocycles. The van der Waals surface area contributed by atoms with E-state index >= 15 is 0 Å². The molecule has 0 spiro atoms. The van der Waals surface area contributed by atoms with Gasteiger partial charge >= 0.3 is 0 Å². The molecule has 0 saturated heterocycles. The van der Waals surface area contributed by atoms with E-state index < -0.39 is 0 Å². The predicted molar refractivity (Wildman–Crippen MR) is 94.1 cm³/mol. The van der Waals surface area contributed by atoms with Crippen LogP contribution >= 0.6 is 0 Å². The first-order chi connectivity index (χ1) is 11.7. The van der Waals surface area contributed by atoms with Crippen molar-refractivity contribution in [2.45, 2.75) is 44.6 Å². The highest BCUT2D eigenvalue weighted by molar-refractivity contribution is 5.77. The Morgan fingerprint density at radius 3 is 3.04 bits per heavy atom. The summed E-state index contributed by atoms with van der Waals surface area (Å²) in [6.07, 6.45) is 7.32. The van der Waals surface area contributed by atoms with Crippen molar-refractivity contribution in [2.24, 2.45) is 0 Å². The molecule has 24 heavy (non-hydrogen) atoms. The van der Waals surface area contributed by atoms with Crippen molar-refractivity contribution in [3.8, 4) is 5.75 Å². The number of ether oxygens (including phenoxy) is 1. The molecule has 2 atom stereocenters. The highest BCUT2D eigenvalue weighted by atomic mass is 16.5. The van der Waals surface area contributed by atoms with Crippen molar-refractivity contribution in [1.82, 2.24) is 10.3 Å². The molecule has 2 aromatic rings. The van der Waals surface area contributed by atoms with Crippen LogP contribution < -0.4 is 10.1 Å². The smallest absolute Gasteiger partial charge is 0.221 e. The Morgan fingerprint density at radius 1 is 1.42 bits per heavy atom. The Kier molecular flexibility index (Phi) is 5.14. The molecule has 0 unspecified atom stereocenters. The second-order valence-corrected chi connectivity index (χ2v) is 6.43. The maximum absolute atomic E-state index is 12.5. The van der Waals surface area contributed by atoms with E-state index in [1.165, 1.54) is 11.1 Å². The summed E-state index contributed by atoms with van der Waals surface area (Å²) in [6.45, 7) is 1.99. The molecular weight excluding hydrogens is 300 g/mol. The molecule has 4 heteroatoms. The van der Waals surface area contributed by atoms with Gasteiger partial charge in [-0.05, 0) is 67.0 Å². The van der Waals surface area contributed by atoms with Gasteiger partial charge in [-0.2, -0.15) is 0 Å². The van der Waals surface area contributed by atoms with Crippen LogP contribution in [0, 0.1) is 0 Å². The standard InChI is InChI=1S/C20H24N2O2/c1-14(17-7-4-10-21-13-17)22-20(23)12-16-6-3-5-15-11-18(24-2)8-9-19(15)16/h4,7-11,13-14,16H,3,5-6,12H2,1-2H3,(H,22,23)/t14-,16-/m0/s1. The number of hydrogen-bond donors (Lipinski definition) is 1. The molecule has 0 bridgehead atoms. The number of fused-ring (bicyclic) bond motifs is 1. The number of nitrogens with one attached hydrogen (secondary N) is 1. The fraction of sp³-hybridized carbons (Fsp3) is 0.400. The molecule has 0 fully saturated rings. The third kappa shape index (κ3) is 3.75. The fourth-order valence-corrected chi connectivity index (χ4v) is 3.47. The molecule has 4 nitrogen and oxygen atoms in total. The minimum absolute atomic E-state index is 0.0230. The third-order valence-electron chi connectivity index (χ3n) is 4.78. The summed E-state index contributed by atoms with van der Waals surface area (Å²) in [7, 11) is 1.69. The second kappa shape index (κ2) is 7.47. The van der Waals surface area contributed by atoms with E-state index in [1.54, 1.807) is 19.5 Å². The van der Waals surface area contributed by atoms with Crippen molar-refractivity contribution in [2.75, 3.05) is 7.11 Å². The highest BCUT2D eigenvalue weighted by Crippen LogP contribution is 2.35. The van der Waals surface area contributed by atoms with Gasteiger partial charge in [0.15, 0.2) is 0 Å². The minimum Gasteiger partial charge on any atom is -0.497 e. The molecule has 0 aliphatic heterocycles. The zero-order valence-electron chi connectivity index (χ0n) is 14.3. The zero-order chi connectivity index (χ0) is 16.9. The van der Waals surface area contributed by atoms with Crippen LogP contribution in [0.1, 0.15) is 54.8 Å². The van der Waals surface area contributed by atoms with E-state index in [9.17, 15) is 4.79 Å². The number of methoxy groups -OCH3 is 1. The number of amides is 1. The van der Waals surface area contributed by atoms with E-state index in [0.717, 1.165) is 30.6 Å². The van der Waals surface area contributed by atoms with Gasteiger partial charge in [0.1, 0.15) is 5.75 Å². The monoisotopic (exact) mass is 324 g/mol. The lowest BCUT2D eigenvalue weighted by atomic mass is 9.81. The summed E-state index contributed by atoms with van der Waals surface area (Å²) in [6, 6.07) is 10.1. The van der Waals surface area contributed by atoms with Gasteiger partial charge in [-0.15, -0.1) is 0 Å². The van der Waals surface area contributed by atoms with Crippen LogP contribution in [0.5, 0.6) is 5.75 Å². The molecule has 1 amide bonds. The highest BCUT2D eigenvalue weighted by Gasteiger charge is 2.23. The molecule has 1 aromatic heterocycles. The quantitative estimate of drug-likeness (QED) is 0.910. The lowest BCUT2D eigenvalue weighted by molar-refractivity contribution is -0.122. The number of nitrogens with zero attached hydrogens (tertiary/aromatic N) is 1. The summed E-state index contributed by atoms with van der Waals surface area (Å²) in [5.41, 5.74) is 3.64. The van der Waals surface area contributed by atoms with Gasteiger partial charge in [-0.3, -0.25) is 9.78 Å². The number of benzene rings is 1. The van der Waals surface area contributed by atoms with Gasteiger partial charge in [0, 0.05) is 18.8 Å². The maximum Gasteiger partial charge on any atom is 0.221 e. The molecular formula is C20H24N2O2. The van der Waals surface area contributed by atoms with Gasteiger partial charge in [0.2, 0.25) is 5.91 Å². The topological polar surface area (TPSA) is 51.2 Å². The van der Waals surface area contributed by atoms with Crippen LogP contribution in [-0.4, -0.2) is 18.0 Å². The number of aromatic nitrogens is 1. The SMILES string of the molecule is COc1ccc2c(c1)CCC[C@H]2CC(=O)N[C@@H](C)c1cccnc1. The summed E-state index contributed by atoms with van der Waals surface area (Å²) >= 11 is 0. The molecule has 0 saturated carbocycles. The molecule has 3 rings (SSSR count). The Labute approximate surface area is 143 Å². The van der Waals surface area contributed by atoms with E-state index in [2.05, 4.69) is 22.4 Å². The number of aryl methyl sites for hydroxylation is 1. The second-order valence-electron chi connectivity index (χ2n) is 6.43. The summed E-state index contributed by atoms with van der Waals surface area (Å²) in [5, 5.41) is 3.09. The Morgan fingerprint density at radius 2 is 2.29 bits per heavy atom. The molecule has 0 radical (unpaired) electrons. The van der Waals surface area contributed by atoms with E-state index in [1.807, 2.05) is 25.1 Å². The van der Waals surface area contributed by atoms with E-state index in [4.69, 9.17) is 4.74 Å². The van der Waals surface area contributed by atoms with Gasteiger partial charge in [0.05, 0.1) is 13.2 Å². The Hall–Kier alpha value is -2.36. The molecule has 126 valence electrons. The molecule has 1 heterocycles. The number of rotatable bonds is 5. The lowest BCUT2D eigenvalue weighted by Gasteiger charge is -2.26. The number of pyridine rings is 1. The van der Waals surface area contributed by atoms with Crippen molar-refractivity contribution in [3.63, 3.8) is 0 Å². The zero-order valence-corrected chi connectivity index (χ0v) is 14.3. The average Bonchev–Trinajstić information content (AvgIpc) is 2.62. The fourth-order valence-electron chi connectivity index (χ4n) is 3.47. The normalized spacial score (nSPS) is 17.7. The predicted octanol–water partition coefficient (Wildman–Crippen LogP) is 3.78. The van der Waals surface area contributed by atoms with Crippen LogP contribution in [-0.2, 0) is 11.2 Å². The van der Waals surface area contributed by atoms with E-state index in [0.29, 0.717) is 12.3 Å². The first kappa shape index (κ1) is 16.5. The van der Waals surface area contributed by atoms with Crippen molar-refractivity contribution in [3.05, 3.63) is 59.4 Å². The molecule has 1 aliphatic rings. The van der Waals surface area contributed by atoms with Crippen LogP contribution in [0.25, 0.3) is 0 Å². The van der Waals surface area contributed by atoms with Gasteiger partial charge < -0.3 is 10.1 Å². The summed E-state index contributed by atoms with van der Waals surface area (Å²) in [4.78, 5) is 16.6. The van der Waals surface area contributed by atoms with Crippen LogP contribution in [0.15, 0.2) is 42.7 Å². The van der Waals surface area contributed by atoms with Crippen molar-refractivity contribution >= 4 is 5.91 Å².